The maximum atomic E-state index is 12.4. The van der Waals surface area contributed by atoms with Crippen molar-refractivity contribution in [2.75, 3.05) is 0 Å². The second kappa shape index (κ2) is 12.7. The van der Waals surface area contributed by atoms with Crippen molar-refractivity contribution in [3.63, 3.8) is 0 Å². The SMILES string of the molecule is CCC(=O)NC(Cc1ccc(-c2cc(Cl)cc(Cl)c2)cc1)C(O)C(O)C(=O)OCc1ccccc1. The van der Waals surface area contributed by atoms with Crippen molar-refractivity contribution < 1.29 is 24.5 Å². The number of hydrogen-bond acceptors (Lipinski definition) is 5. The Bertz CT molecular complexity index is 1120. The Kier molecular flexibility index (Phi) is 9.69. The Morgan fingerprint density at radius 2 is 1.51 bits per heavy atom. The van der Waals surface area contributed by atoms with Crippen LogP contribution >= 0.6 is 23.2 Å². The Labute approximate surface area is 214 Å². The van der Waals surface area contributed by atoms with Crippen molar-refractivity contribution in [3.8, 4) is 11.1 Å². The summed E-state index contributed by atoms with van der Waals surface area (Å²) in [5.41, 5.74) is 3.27. The highest BCUT2D eigenvalue weighted by atomic mass is 35.5. The predicted molar refractivity (Wildman–Crippen MR) is 136 cm³/mol. The molecule has 3 unspecified atom stereocenters. The summed E-state index contributed by atoms with van der Waals surface area (Å²) in [5, 5.41) is 24.9. The number of hydrogen-bond donors (Lipinski definition) is 3. The minimum Gasteiger partial charge on any atom is -0.459 e. The van der Waals surface area contributed by atoms with Gasteiger partial charge >= 0.3 is 5.97 Å². The van der Waals surface area contributed by atoms with Gasteiger partial charge in [-0.05, 0) is 46.9 Å². The lowest BCUT2D eigenvalue weighted by atomic mass is 9.95. The van der Waals surface area contributed by atoms with E-state index in [1.165, 1.54) is 0 Å². The first kappa shape index (κ1) is 26.7. The molecule has 0 fully saturated rings. The molecule has 0 saturated carbocycles. The number of aliphatic hydroxyl groups excluding tert-OH is 2. The smallest absolute Gasteiger partial charge is 0.338 e. The zero-order chi connectivity index (χ0) is 25.4. The van der Waals surface area contributed by atoms with Crippen LogP contribution in [0.25, 0.3) is 11.1 Å². The van der Waals surface area contributed by atoms with E-state index in [-0.39, 0.29) is 25.4 Å². The van der Waals surface area contributed by atoms with Crippen LogP contribution in [0.15, 0.2) is 72.8 Å². The molecule has 0 radical (unpaired) electrons. The van der Waals surface area contributed by atoms with Crippen LogP contribution in [0.5, 0.6) is 0 Å². The van der Waals surface area contributed by atoms with E-state index < -0.39 is 24.2 Å². The zero-order valence-corrected chi connectivity index (χ0v) is 20.7. The second-order valence-corrected chi connectivity index (χ2v) is 8.99. The monoisotopic (exact) mass is 515 g/mol. The van der Waals surface area contributed by atoms with Crippen LogP contribution in [0, 0.1) is 0 Å². The molecule has 0 aliphatic carbocycles. The molecule has 0 bridgehead atoms. The fourth-order valence-corrected chi connectivity index (χ4v) is 4.07. The summed E-state index contributed by atoms with van der Waals surface area (Å²) >= 11 is 12.2. The van der Waals surface area contributed by atoms with Crippen LogP contribution in [0.3, 0.4) is 0 Å². The second-order valence-electron chi connectivity index (χ2n) is 8.12. The molecule has 0 saturated heterocycles. The topological polar surface area (TPSA) is 95.9 Å². The molecule has 184 valence electrons. The highest BCUT2D eigenvalue weighted by molar-refractivity contribution is 6.35. The molecular weight excluding hydrogens is 489 g/mol. The molecule has 1 amide bonds. The Hall–Kier alpha value is -2.90. The summed E-state index contributed by atoms with van der Waals surface area (Å²) in [7, 11) is 0. The number of rotatable bonds is 10. The summed E-state index contributed by atoms with van der Waals surface area (Å²) in [4.78, 5) is 24.4. The molecule has 6 nitrogen and oxygen atoms in total. The van der Waals surface area contributed by atoms with E-state index in [1.54, 1.807) is 49.4 Å². The molecular formula is C27H27Cl2NO5. The minimum atomic E-state index is -1.83. The maximum Gasteiger partial charge on any atom is 0.338 e. The van der Waals surface area contributed by atoms with Crippen molar-refractivity contribution >= 4 is 35.1 Å². The van der Waals surface area contributed by atoms with Gasteiger partial charge in [0.1, 0.15) is 12.7 Å². The van der Waals surface area contributed by atoms with E-state index >= 15 is 0 Å². The molecule has 3 rings (SSSR count). The third-order valence-electron chi connectivity index (χ3n) is 5.47. The third kappa shape index (κ3) is 7.80. The molecule has 3 N–H and O–H groups in total. The van der Waals surface area contributed by atoms with Gasteiger partial charge in [-0.3, -0.25) is 4.79 Å². The first-order valence-electron chi connectivity index (χ1n) is 11.2. The number of carbonyl (C=O) groups is 2. The standard InChI is InChI=1S/C27H27Cl2NO5/c1-2-24(31)30-23(25(32)26(33)27(34)35-16-18-6-4-3-5-7-18)12-17-8-10-19(11-9-17)20-13-21(28)15-22(29)14-20/h3-11,13-15,23,25-26,32-33H,2,12,16H2,1H3,(H,30,31). The molecule has 0 aromatic heterocycles. The summed E-state index contributed by atoms with van der Waals surface area (Å²) < 4.78 is 5.14. The Morgan fingerprint density at radius 3 is 2.11 bits per heavy atom. The maximum absolute atomic E-state index is 12.4. The number of ether oxygens (including phenoxy) is 1. The molecule has 3 aromatic carbocycles. The minimum absolute atomic E-state index is 0.0373. The van der Waals surface area contributed by atoms with Crippen molar-refractivity contribution in [1.82, 2.24) is 5.32 Å². The number of aliphatic hydroxyl groups is 2. The Morgan fingerprint density at radius 1 is 0.886 bits per heavy atom. The van der Waals surface area contributed by atoms with Gasteiger partial charge in [0.2, 0.25) is 5.91 Å². The van der Waals surface area contributed by atoms with E-state index in [2.05, 4.69) is 5.32 Å². The normalized spacial score (nSPS) is 13.5. The van der Waals surface area contributed by atoms with Crippen LogP contribution in [0.2, 0.25) is 10.0 Å². The van der Waals surface area contributed by atoms with Gasteiger partial charge in [-0.15, -0.1) is 0 Å². The average molecular weight is 516 g/mol. The number of nitrogens with one attached hydrogen (secondary N) is 1. The number of halogens is 2. The number of esters is 1. The van der Waals surface area contributed by atoms with Gasteiger partial charge < -0.3 is 20.3 Å². The van der Waals surface area contributed by atoms with Gasteiger partial charge in [0.05, 0.1) is 6.04 Å². The molecule has 0 spiro atoms. The molecule has 8 heteroatoms. The molecule has 35 heavy (non-hydrogen) atoms. The van der Waals surface area contributed by atoms with Crippen molar-refractivity contribution in [1.29, 1.82) is 0 Å². The third-order valence-corrected chi connectivity index (χ3v) is 5.91. The van der Waals surface area contributed by atoms with Crippen LogP contribution in [-0.2, 0) is 27.4 Å². The summed E-state index contributed by atoms with van der Waals surface area (Å²) in [6.45, 7) is 1.64. The van der Waals surface area contributed by atoms with Crippen molar-refractivity contribution in [3.05, 3.63) is 94.0 Å². The van der Waals surface area contributed by atoms with E-state index in [1.807, 2.05) is 30.3 Å². The van der Waals surface area contributed by atoms with Crippen LogP contribution in [0.4, 0.5) is 0 Å². The predicted octanol–water partition coefficient (Wildman–Crippen LogP) is 4.56. The molecule has 3 atom stereocenters. The molecule has 0 aliphatic rings. The van der Waals surface area contributed by atoms with Gasteiger partial charge in [0.25, 0.3) is 0 Å². The number of amides is 1. The van der Waals surface area contributed by atoms with Crippen molar-refractivity contribution in [2.45, 2.75) is 44.6 Å². The molecule has 0 heterocycles. The summed E-state index contributed by atoms with van der Waals surface area (Å²) in [6.07, 6.45) is -3.02. The Balaban J connectivity index is 1.70. The number of carbonyl (C=O) groups excluding carboxylic acids is 2. The van der Waals surface area contributed by atoms with Crippen molar-refractivity contribution in [2.24, 2.45) is 0 Å². The first-order chi connectivity index (χ1) is 16.8. The molecule has 0 aliphatic heterocycles. The number of benzene rings is 3. The quantitative estimate of drug-likeness (QED) is 0.344. The zero-order valence-electron chi connectivity index (χ0n) is 19.2. The van der Waals surface area contributed by atoms with E-state index in [4.69, 9.17) is 27.9 Å². The fourth-order valence-electron chi connectivity index (χ4n) is 3.55. The van der Waals surface area contributed by atoms with Crippen LogP contribution in [0.1, 0.15) is 24.5 Å². The lowest BCUT2D eigenvalue weighted by Crippen LogP contribution is -2.52. The first-order valence-corrected chi connectivity index (χ1v) is 11.9. The molecule has 3 aromatic rings. The van der Waals surface area contributed by atoms with Gasteiger partial charge in [-0.1, -0.05) is 84.7 Å². The lowest BCUT2D eigenvalue weighted by Gasteiger charge is -2.27. The van der Waals surface area contributed by atoms with Gasteiger partial charge in [-0.2, -0.15) is 0 Å². The summed E-state index contributed by atoms with van der Waals surface area (Å²) in [6, 6.07) is 20.7. The van der Waals surface area contributed by atoms with Gasteiger partial charge in [-0.25, -0.2) is 4.79 Å². The average Bonchev–Trinajstić information content (AvgIpc) is 2.86. The van der Waals surface area contributed by atoms with Crippen LogP contribution in [-0.4, -0.2) is 40.3 Å². The van der Waals surface area contributed by atoms with E-state index in [9.17, 15) is 19.8 Å². The van der Waals surface area contributed by atoms with E-state index in [0.29, 0.717) is 10.0 Å². The van der Waals surface area contributed by atoms with Gasteiger partial charge in [0, 0.05) is 16.5 Å². The summed E-state index contributed by atoms with van der Waals surface area (Å²) in [5.74, 6) is -1.28. The fraction of sp³-hybridized carbons (Fsp3) is 0.259. The van der Waals surface area contributed by atoms with E-state index in [0.717, 1.165) is 22.3 Å². The highest BCUT2D eigenvalue weighted by Crippen LogP contribution is 2.27. The van der Waals surface area contributed by atoms with Gasteiger partial charge in [0.15, 0.2) is 6.10 Å². The largest absolute Gasteiger partial charge is 0.459 e. The van der Waals surface area contributed by atoms with Crippen LogP contribution < -0.4 is 5.32 Å². The lowest BCUT2D eigenvalue weighted by molar-refractivity contribution is -0.162. The highest BCUT2D eigenvalue weighted by Gasteiger charge is 2.33.